The summed E-state index contributed by atoms with van der Waals surface area (Å²) in [4.78, 5) is 8.92. The van der Waals surface area contributed by atoms with Crippen molar-refractivity contribution in [3.05, 3.63) is 36.0 Å². The van der Waals surface area contributed by atoms with Gasteiger partial charge in [0.2, 0.25) is 0 Å². The molecule has 1 unspecified atom stereocenters. The average Bonchev–Trinajstić information content (AvgIpc) is 3.01. The van der Waals surface area contributed by atoms with Crippen LogP contribution in [0.3, 0.4) is 0 Å². The number of nitrogens with one attached hydrogen (secondary N) is 1. The standard InChI is InChI=1S/C14H17N3O/c1-10-4-5-13(18-10)12-6-8-16-14(17-12)9-11-3-2-7-15-11/h4-6,8,11,15H,2-3,7,9H2,1H3. The van der Waals surface area contributed by atoms with Crippen molar-refractivity contribution in [1.82, 2.24) is 15.3 Å². The zero-order valence-corrected chi connectivity index (χ0v) is 10.5. The van der Waals surface area contributed by atoms with Gasteiger partial charge in [-0.25, -0.2) is 9.97 Å². The van der Waals surface area contributed by atoms with E-state index in [9.17, 15) is 0 Å². The molecule has 1 saturated heterocycles. The predicted molar refractivity (Wildman–Crippen MR) is 69.2 cm³/mol. The molecular formula is C14H17N3O. The van der Waals surface area contributed by atoms with E-state index in [0.29, 0.717) is 6.04 Å². The highest BCUT2D eigenvalue weighted by Gasteiger charge is 2.16. The normalized spacial score (nSPS) is 19.3. The van der Waals surface area contributed by atoms with Gasteiger partial charge in [-0.05, 0) is 44.5 Å². The second-order valence-electron chi connectivity index (χ2n) is 4.77. The molecule has 0 spiro atoms. The van der Waals surface area contributed by atoms with Crippen LogP contribution in [-0.4, -0.2) is 22.6 Å². The van der Waals surface area contributed by atoms with Crippen LogP contribution in [0.4, 0.5) is 0 Å². The Labute approximate surface area is 106 Å². The third-order valence-electron chi connectivity index (χ3n) is 3.29. The Bertz CT molecular complexity index is 529. The molecule has 0 amide bonds. The molecule has 94 valence electrons. The molecule has 1 N–H and O–H groups in total. The summed E-state index contributed by atoms with van der Waals surface area (Å²) in [6, 6.07) is 6.33. The zero-order valence-electron chi connectivity index (χ0n) is 10.5. The number of hydrogen-bond acceptors (Lipinski definition) is 4. The Kier molecular flexibility index (Phi) is 3.11. The molecule has 2 aromatic rings. The van der Waals surface area contributed by atoms with Crippen molar-refractivity contribution in [3.63, 3.8) is 0 Å². The summed E-state index contributed by atoms with van der Waals surface area (Å²) in [5.41, 5.74) is 0.867. The van der Waals surface area contributed by atoms with Gasteiger partial charge in [-0.3, -0.25) is 0 Å². The Morgan fingerprint density at radius 3 is 3.06 bits per heavy atom. The number of hydrogen-bond donors (Lipinski definition) is 1. The highest BCUT2D eigenvalue weighted by molar-refractivity contribution is 5.51. The molecule has 18 heavy (non-hydrogen) atoms. The summed E-state index contributed by atoms with van der Waals surface area (Å²) in [7, 11) is 0. The first kappa shape index (κ1) is 11.4. The minimum Gasteiger partial charge on any atom is -0.460 e. The lowest BCUT2D eigenvalue weighted by molar-refractivity contribution is 0.544. The average molecular weight is 243 g/mol. The Balaban J connectivity index is 1.80. The van der Waals surface area contributed by atoms with Crippen molar-refractivity contribution in [2.45, 2.75) is 32.2 Å². The SMILES string of the molecule is Cc1ccc(-c2ccnc(CC3CCCN3)n2)o1. The summed E-state index contributed by atoms with van der Waals surface area (Å²) in [5, 5.41) is 3.46. The Morgan fingerprint density at radius 2 is 2.33 bits per heavy atom. The van der Waals surface area contributed by atoms with E-state index in [0.717, 1.165) is 36.0 Å². The molecule has 0 saturated carbocycles. The highest BCUT2D eigenvalue weighted by Crippen LogP contribution is 2.20. The fourth-order valence-electron chi connectivity index (χ4n) is 2.36. The summed E-state index contributed by atoms with van der Waals surface area (Å²) in [5.74, 6) is 2.61. The molecule has 1 fully saturated rings. The number of aryl methyl sites for hydroxylation is 1. The maximum absolute atomic E-state index is 5.59. The second-order valence-corrected chi connectivity index (χ2v) is 4.77. The molecule has 2 aromatic heterocycles. The van der Waals surface area contributed by atoms with E-state index in [4.69, 9.17) is 4.42 Å². The molecule has 0 aromatic carbocycles. The first-order chi connectivity index (χ1) is 8.81. The molecule has 4 nitrogen and oxygen atoms in total. The van der Waals surface area contributed by atoms with E-state index >= 15 is 0 Å². The molecule has 1 aliphatic rings. The lowest BCUT2D eigenvalue weighted by Crippen LogP contribution is -2.24. The quantitative estimate of drug-likeness (QED) is 0.899. The number of aromatic nitrogens is 2. The molecule has 3 heterocycles. The molecular weight excluding hydrogens is 226 g/mol. The zero-order chi connectivity index (χ0) is 12.4. The molecule has 0 radical (unpaired) electrons. The lowest BCUT2D eigenvalue weighted by atomic mass is 10.1. The predicted octanol–water partition coefficient (Wildman–Crippen LogP) is 2.34. The van der Waals surface area contributed by atoms with Gasteiger partial charge < -0.3 is 9.73 Å². The van der Waals surface area contributed by atoms with Gasteiger partial charge in [-0.2, -0.15) is 0 Å². The van der Waals surface area contributed by atoms with Crippen LogP contribution in [0.15, 0.2) is 28.8 Å². The van der Waals surface area contributed by atoms with Crippen molar-refractivity contribution in [3.8, 4) is 11.5 Å². The van der Waals surface area contributed by atoms with Gasteiger partial charge in [0.1, 0.15) is 17.3 Å². The van der Waals surface area contributed by atoms with Gasteiger partial charge in [-0.1, -0.05) is 0 Å². The fourth-order valence-corrected chi connectivity index (χ4v) is 2.36. The van der Waals surface area contributed by atoms with Crippen LogP contribution in [0.1, 0.15) is 24.4 Å². The van der Waals surface area contributed by atoms with Gasteiger partial charge in [0.05, 0.1) is 0 Å². The molecule has 1 aliphatic heterocycles. The monoisotopic (exact) mass is 243 g/mol. The van der Waals surface area contributed by atoms with Crippen molar-refractivity contribution in [2.24, 2.45) is 0 Å². The first-order valence-electron chi connectivity index (χ1n) is 6.43. The van der Waals surface area contributed by atoms with Crippen LogP contribution in [0.5, 0.6) is 0 Å². The number of nitrogens with zero attached hydrogens (tertiary/aromatic N) is 2. The van der Waals surface area contributed by atoms with Crippen molar-refractivity contribution < 1.29 is 4.42 Å². The van der Waals surface area contributed by atoms with Gasteiger partial charge >= 0.3 is 0 Å². The lowest BCUT2D eigenvalue weighted by Gasteiger charge is -2.08. The van der Waals surface area contributed by atoms with Crippen molar-refractivity contribution in [2.75, 3.05) is 6.54 Å². The van der Waals surface area contributed by atoms with Crippen LogP contribution in [0.2, 0.25) is 0 Å². The largest absolute Gasteiger partial charge is 0.460 e. The maximum atomic E-state index is 5.59. The topological polar surface area (TPSA) is 51.0 Å². The van der Waals surface area contributed by atoms with E-state index < -0.39 is 0 Å². The highest BCUT2D eigenvalue weighted by atomic mass is 16.3. The van der Waals surface area contributed by atoms with E-state index in [1.165, 1.54) is 12.8 Å². The van der Waals surface area contributed by atoms with E-state index in [1.807, 2.05) is 31.3 Å². The minimum atomic E-state index is 0.526. The molecule has 1 atom stereocenters. The number of furan rings is 1. The van der Waals surface area contributed by atoms with Crippen LogP contribution in [0, 0.1) is 6.92 Å². The minimum absolute atomic E-state index is 0.526. The third-order valence-corrected chi connectivity index (χ3v) is 3.29. The van der Waals surface area contributed by atoms with Gasteiger partial charge in [0.25, 0.3) is 0 Å². The molecule has 4 heteroatoms. The second kappa shape index (κ2) is 4.90. The maximum Gasteiger partial charge on any atom is 0.152 e. The van der Waals surface area contributed by atoms with E-state index in [1.54, 1.807) is 0 Å². The van der Waals surface area contributed by atoms with Gasteiger partial charge in [0.15, 0.2) is 5.76 Å². The van der Waals surface area contributed by atoms with Crippen molar-refractivity contribution in [1.29, 1.82) is 0 Å². The molecule has 3 rings (SSSR count). The van der Waals surface area contributed by atoms with Gasteiger partial charge in [0, 0.05) is 18.7 Å². The summed E-state index contributed by atoms with van der Waals surface area (Å²) in [6.07, 6.45) is 5.17. The van der Waals surface area contributed by atoms with Crippen molar-refractivity contribution >= 4 is 0 Å². The molecule has 0 bridgehead atoms. The summed E-state index contributed by atoms with van der Waals surface area (Å²) < 4.78 is 5.59. The van der Waals surface area contributed by atoms with E-state index in [2.05, 4.69) is 15.3 Å². The van der Waals surface area contributed by atoms with Crippen LogP contribution < -0.4 is 5.32 Å². The van der Waals surface area contributed by atoms with E-state index in [-0.39, 0.29) is 0 Å². The van der Waals surface area contributed by atoms with Crippen LogP contribution >= 0.6 is 0 Å². The summed E-state index contributed by atoms with van der Waals surface area (Å²) in [6.45, 7) is 3.05. The summed E-state index contributed by atoms with van der Waals surface area (Å²) >= 11 is 0. The molecule has 0 aliphatic carbocycles. The first-order valence-corrected chi connectivity index (χ1v) is 6.43. The number of rotatable bonds is 3. The van der Waals surface area contributed by atoms with Crippen LogP contribution in [-0.2, 0) is 6.42 Å². The Hall–Kier alpha value is -1.68. The fraction of sp³-hybridized carbons (Fsp3) is 0.429. The van der Waals surface area contributed by atoms with Gasteiger partial charge in [-0.15, -0.1) is 0 Å². The third kappa shape index (κ3) is 2.43. The van der Waals surface area contributed by atoms with Crippen LogP contribution in [0.25, 0.3) is 11.5 Å². The Morgan fingerprint density at radius 1 is 1.39 bits per heavy atom. The smallest absolute Gasteiger partial charge is 0.152 e.